The number of sulfonamides is 1. The molecule has 6 heteroatoms. The first-order valence-electron chi connectivity index (χ1n) is 7.24. The summed E-state index contributed by atoms with van der Waals surface area (Å²) >= 11 is 5.94. The molecule has 1 aromatic carbocycles. The number of alkyl halides is 1. The van der Waals surface area contributed by atoms with E-state index in [4.69, 9.17) is 11.6 Å². The molecule has 1 aromatic rings. The number of aryl methyl sites for hydroxylation is 1. The maximum atomic E-state index is 12.7. The summed E-state index contributed by atoms with van der Waals surface area (Å²) in [7, 11) is 0.562. The topological polar surface area (TPSA) is 40.6 Å². The average Bonchev–Trinajstić information content (AvgIpc) is 2.97. The van der Waals surface area contributed by atoms with Crippen LogP contribution in [0.25, 0.3) is 0 Å². The molecule has 0 amide bonds. The van der Waals surface area contributed by atoms with E-state index in [1.165, 1.54) is 0 Å². The van der Waals surface area contributed by atoms with E-state index >= 15 is 0 Å². The zero-order valence-electron chi connectivity index (χ0n) is 12.8. The number of likely N-dealkylation sites (N-methyl/N-ethyl adjacent to an activating group) is 1. The van der Waals surface area contributed by atoms with E-state index in [0.717, 1.165) is 24.0 Å². The molecular weight excluding hydrogens is 308 g/mol. The van der Waals surface area contributed by atoms with Crippen molar-refractivity contribution in [2.24, 2.45) is 0 Å². The van der Waals surface area contributed by atoms with Crippen LogP contribution < -0.4 is 0 Å². The second-order valence-corrected chi connectivity index (χ2v) is 7.89. The smallest absolute Gasteiger partial charge is 0.243 e. The Morgan fingerprint density at radius 2 is 2.05 bits per heavy atom. The molecule has 4 nitrogen and oxygen atoms in total. The van der Waals surface area contributed by atoms with Crippen molar-refractivity contribution in [1.29, 1.82) is 0 Å². The molecule has 1 atom stereocenters. The monoisotopic (exact) mass is 330 g/mol. The van der Waals surface area contributed by atoms with Gasteiger partial charge in [-0.25, -0.2) is 8.42 Å². The largest absolute Gasteiger partial charge is 0.305 e. The summed E-state index contributed by atoms with van der Waals surface area (Å²) in [5, 5.41) is 0. The quantitative estimate of drug-likeness (QED) is 0.778. The molecule has 2 rings (SSSR count). The lowest BCUT2D eigenvalue weighted by Gasteiger charge is -2.20. The van der Waals surface area contributed by atoms with Gasteiger partial charge in [0.15, 0.2) is 0 Å². The molecule has 0 bridgehead atoms. The van der Waals surface area contributed by atoms with Gasteiger partial charge in [-0.05, 0) is 50.2 Å². The van der Waals surface area contributed by atoms with Crippen molar-refractivity contribution in [3.8, 4) is 0 Å². The lowest BCUT2D eigenvalue weighted by molar-refractivity contribution is 0.302. The lowest BCUT2D eigenvalue weighted by Crippen LogP contribution is -2.34. The zero-order valence-corrected chi connectivity index (χ0v) is 14.4. The number of halogens is 1. The van der Waals surface area contributed by atoms with Crippen molar-refractivity contribution in [3.63, 3.8) is 0 Å². The number of hydrogen-bond donors (Lipinski definition) is 0. The van der Waals surface area contributed by atoms with Crippen LogP contribution in [-0.4, -0.2) is 50.8 Å². The fraction of sp³-hybridized carbons (Fsp3) is 0.600. The van der Waals surface area contributed by atoms with Crippen LogP contribution in [0.5, 0.6) is 0 Å². The van der Waals surface area contributed by atoms with Gasteiger partial charge in [-0.1, -0.05) is 13.0 Å². The van der Waals surface area contributed by atoms with E-state index in [1.807, 2.05) is 27.1 Å². The van der Waals surface area contributed by atoms with Gasteiger partial charge >= 0.3 is 0 Å². The van der Waals surface area contributed by atoms with Gasteiger partial charge in [-0.2, -0.15) is 4.31 Å². The summed E-state index contributed by atoms with van der Waals surface area (Å²) in [5.41, 5.74) is 2.01. The third-order valence-corrected chi connectivity index (χ3v) is 6.35. The Bertz CT molecular complexity index is 602. The lowest BCUT2D eigenvalue weighted by atomic mass is 10.1. The first kappa shape index (κ1) is 16.7. The van der Waals surface area contributed by atoms with E-state index in [-0.39, 0.29) is 0 Å². The molecule has 0 spiro atoms. The van der Waals surface area contributed by atoms with Gasteiger partial charge in [0.05, 0.1) is 4.90 Å². The Labute approximate surface area is 132 Å². The SMILES string of the molecule is CCc1ccc(S(=O)(=O)N2CCC(N(C)C)C2)cc1CCl. The molecule has 0 saturated carbocycles. The van der Waals surface area contributed by atoms with Crippen molar-refractivity contribution in [1.82, 2.24) is 9.21 Å². The third-order valence-electron chi connectivity index (χ3n) is 4.20. The minimum atomic E-state index is -3.41. The molecule has 0 radical (unpaired) electrons. The Morgan fingerprint density at radius 1 is 1.33 bits per heavy atom. The average molecular weight is 331 g/mol. The maximum Gasteiger partial charge on any atom is 0.243 e. The molecule has 1 saturated heterocycles. The fourth-order valence-electron chi connectivity index (χ4n) is 2.73. The molecule has 1 fully saturated rings. The highest BCUT2D eigenvalue weighted by molar-refractivity contribution is 7.89. The number of benzene rings is 1. The van der Waals surface area contributed by atoms with Crippen molar-refractivity contribution >= 4 is 21.6 Å². The van der Waals surface area contributed by atoms with Crippen LogP contribution in [0.1, 0.15) is 24.5 Å². The van der Waals surface area contributed by atoms with Crippen LogP contribution in [0.4, 0.5) is 0 Å². The molecule has 0 aliphatic carbocycles. The van der Waals surface area contributed by atoms with Gasteiger partial charge in [0.1, 0.15) is 0 Å². The van der Waals surface area contributed by atoms with Gasteiger partial charge < -0.3 is 4.90 Å². The van der Waals surface area contributed by atoms with E-state index in [1.54, 1.807) is 16.4 Å². The van der Waals surface area contributed by atoms with Gasteiger partial charge in [-0.3, -0.25) is 0 Å². The van der Waals surface area contributed by atoms with Crippen LogP contribution in [0.15, 0.2) is 23.1 Å². The molecule has 1 aliphatic rings. The van der Waals surface area contributed by atoms with E-state index < -0.39 is 10.0 Å². The Morgan fingerprint density at radius 3 is 2.57 bits per heavy atom. The summed E-state index contributed by atoms with van der Waals surface area (Å²) in [4.78, 5) is 2.44. The first-order chi connectivity index (χ1) is 9.90. The molecule has 1 aliphatic heterocycles. The predicted molar refractivity (Wildman–Crippen MR) is 86.2 cm³/mol. The first-order valence-corrected chi connectivity index (χ1v) is 9.22. The molecule has 118 valence electrons. The fourth-order valence-corrected chi connectivity index (χ4v) is 4.52. The van der Waals surface area contributed by atoms with Gasteiger partial charge in [0.25, 0.3) is 0 Å². The van der Waals surface area contributed by atoms with Gasteiger partial charge in [0, 0.05) is 25.0 Å². The maximum absolute atomic E-state index is 12.7. The van der Waals surface area contributed by atoms with E-state index in [9.17, 15) is 8.42 Å². The minimum absolute atomic E-state index is 0.294. The molecule has 21 heavy (non-hydrogen) atoms. The normalized spacial score (nSPS) is 20.3. The molecule has 1 heterocycles. The van der Waals surface area contributed by atoms with Crippen molar-refractivity contribution in [3.05, 3.63) is 29.3 Å². The second-order valence-electron chi connectivity index (χ2n) is 5.69. The van der Waals surface area contributed by atoms with Crippen molar-refractivity contribution in [2.75, 3.05) is 27.2 Å². The van der Waals surface area contributed by atoms with Gasteiger partial charge in [-0.15, -0.1) is 11.6 Å². The minimum Gasteiger partial charge on any atom is -0.305 e. The van der Waals surface area contributed by atoms with Crippen LogP contribution in [-0.2, 0) is 22.3 Å². The summed E-state index contributed by atoms with van der Waals surface area (Å²) < 4.78 is 27.0. The zero-order chi connectivity index (χ0) is 15.6. The molecular formula is C15H23ClN2O2S. The van der Waals surface area contributed by atoms with Crippen molar-refractivity contribution in [2.45, 2.75) is 36.6 Å². The van der Waals surface area contributed by atoms with Crippen LogP contribution in [0.3, 0.4) is 0 Å². The molecule has 1 unspecified atom stereocenters. The van der Waals surface area contributed by atoms with Crippen LogP contribution in [0.2, 0.25) is 0 Å². The summed E-state index contributed by atoms with van der Waals surface area (Å²) in [6, 6.07) is 5.60. The Kier molecular flexibility index (Phi) is 5.30. The Balaban J connectivity index is 2.28. The van der Waals surface area contributed by atoms with E-state index in [2.05, 4.69) is 4.90 Å². The number of hydrogen-bond acceptors (Lipinski definition) is 3. The summed E-state index contributed by atoms with van der Waals surface area (Å²) in [6.07, 6.45) is 1.73. The molecule has 0 aromatic heterocycles. The highest BCUT2D eigenvalue weighted by Crippen LogP contribution is 2.25. The van der Waals surface area contributed by atoms with Gasteiger partial charge in [0.2, 0.25) is 10.0 Å². The highest BCUT2D eigenvalue weighted by atomic mass is 35.5. The predicted octanol–water partition coefficient (Wildman–Crippen LogP) is 2.31. The van der Waals surface area contributed by atoms with Crippen LogP contribution >= 0.6 is 11.6 Å². The summed E-state index contributed by atoms with van der Waals surface area (Å²) in [5.74, 6) is 0.340. The summed E-state index contributed by atoms with van der Waals surface area (Å²) in [6.45, 7) is 3.18. The van der Waals surface area contributed by atoms with Crippen LogP contribution in [0, 0.1) is 0 Å². The van der Waals surface area contributed by atoms with Crippen molar-refractivity contribution < 1.29 is 8.42 Å². The Hall–Kier alpha value is -0.620. The highest BCUT2D eigenvalue weighted by Gasteiger charge is 2.33. The number of rotatable bonds is 5. The standard InChI is InChI=1S/C15H23ClN2O2S/c1-4-12-5-6-15(9-13(12)10-16)21(19,20)18-8-7-14(11-18)17(2)3/h5-6,9,14H,4,7-8,10-11H2,1-3H3. The van der Waals surface area contributed by atoms with E-state index in [0.29, 0.717) is 29.9 Å². The molecule has 0 N–H and O–H groups in total. The number of nitrogens with zero attached hydrogens (tertiary/aromatic N) is 2. The second kappa shape index (κ2) is 6.65. The third kappa shape index (κ3) is 3.42.